The van der Waals surface area contributed by atoms with Gasteiger partial charge in [0.1, 0.15) is 0 Å². The summed E-state index contributed by atoms with van der Waals surface area (Å²) in [6, 6.07) is 7.72. The van der Waals surface area contributed by atoms with E-state index in [0.717, 1.165) is 16.6 Å². The maximum atomic E-state index is 6.04. The molecule has 18 heavy (non-hydrogen) atoms. The third-order valence-electron chi connectivity index (χ3n) is 2.60. The van der Waals surface area contributed by atoms with Gasteiger partial charge in [-0.1, -0.05) is 29.8 Å². The van der Waals surface area contributed by atoms with Gasteiger partial charge in [-0.15, -0.1) is 0 Å². The van der Waals surface area contributed by atoms with Gasteiger partial charge in [0.15, 0.2) is 5.15 Å². The average molecular weight is 265 g/mol. The van der Waals surface area contributed by atoms with Crippen LogP contribution in [0.25, 0.3) is 10.9 Å². The highest BCUT2D eigenvalue weighted by Crippen LogP contribution is 2.33. The molecule has 5 N–H and O–H groups in total. The molecule has 4 nitrogen and oxygen atoms in total. The zero-order valence-electron chi connectivity index (χ0n) is 10.5. The SMILES string of the molecule is CC(C)(N)CNc1c(N)c(Cl)nc2ccccc12. The molecule has 0 radical (unpaired) electrons. The third kappa shape index (κ3) is 2.66. The smallest absolute Gasteiger partial charge is 0.154 e. The molecule has 2 aromatic rings. The van der Waals surface area contributed by atoms with Crippen molar-refractivity contribution in [3.8, 4) is 0 Å². The summed E-state index contributed by atoms with van der Waals surface area (Å²) < 4.78 is 0. The Hall–Kier alpha value is -1.52. The fourth-order valence-corrected chi connectivity index (χ4v) is 1.89. The van der Waals surface area contributed by atoms with Crippen molar-refractivity contribution < 1.29 is 0 Å². The van der Waals surface area contributed by atoms with Crippen LogP contribution in [0.3, 0.4) is 0 Å². The maximum Gasteiger partial charge on any atom is 0.154 e. The lowest BCUT2D eigenvalue weighted by Crippen LogP contribution is -2.39. The Bertz CT molecular complexity index is 575. The van der Waals surface area contributed by atoms with Crippen molar-refractivity contribution in [2.75, 3.05) is 17.6 Å². The van der Waals surface area contributed by atoms with E-state index in [1.54, 1.807) is 0 Å². The number of aromatic nitrogens is 1. The fraction of sp³-hybridized carbons (Fsp3) is 0.308. The van der Waals surface area contributed by atoms with Gasteiger partial charge < -0.3 is 16.8 Å². The largest absolute Gasteiger partial charge is 0.395 e. The van der Waals surface area contributed by atoms with Gasteiger partial charge in [0.2, 0.25) is 0 Å². The average Bonchev–Trinajstić information content (AvgIpc) is 2.28. The van der Waals surface area contributed by atoms with E-state index in [9.17, 15) is 0 Å². The third-order valence-corrected chi connectivity index (χ3v) is 2.89. The van der Waals surface area contributed by atoms with Crippen molar-refractivity contribution in [2.24, 2.45) is 5.73 Å². The number of rotatable bonds is 3. The van der Waals surface area contributed by atoms with E-state index in [1.807, 2.05) is 38.1 Å². The molecule has 0 fully saturated rings. The number of para-hydroxylation sites is 1. The number of anilines is 2. The minimum absolute atomic E-state index is 0.311. The van der Waals surface area contributed by atoms with E-state index in [0.29, 0.717) is 17.4 Å². The Balaban J connectivity index is 2.50. The van der Waals surface area contributed by atoms with Gasteiger partial charge >= 0.3 is 0 Å². The van der Waals surface area contributed by atoms with Crippen LogP contribution in [0.15, 0.2) is 24.3 Å². The molecule has 0 spiro atoms. The molecule has 0 aliphatic heterocycles. The first-order valence-corrected chi connectivity index (χ1v) is 6.13. The number of nitrogens with zero attached hydrogens (tertiary/aromatic N) is 1. The number of nitrogens with two attached hydrogens (primary N) is 2. The second kappa shape index (κ2) is 4.63. The van der Waals surface area contributed by atoms with E-state index in [-0.39, 0.29) is 5.54 Å². The van der Waals surface area contributed by atoms with Gasteiger partial charge in [-0.05, 0) is 19.9 Å². The van der Waals surface area contributed by atoms with E-state index in [2.05, 4.69) is 10.3 Å². The zero-order valence-corrected chi connectivity index (χ0v) is 11.3. The van der Waals surface area contributed by atoms with Crippen molar-refractivity contribution in [1.82, 2.24) is 4.98 Å². The lowest BCUT2D eigenvalue weighted by Gasteiger charge is -2.21. The van der Waals surface area contributed by atoms with Gasteiger partial charge in [0.05, 0.1) is 16.9 Å². The minimum atomic E-state index is -0.330. The van der Waals surface area contributed by atoms with Crippen LogP contribution in [0.4, 0.5) is 11.4 Å². The second-order valence-electron chi connectivity index (χ2n) is 5.05. The Kier molecular flexibility index (Phi) is 3.32. The van der Waals surface area contributed by atoms with Gasteiger partial charge in [-0.2, -0.15) is 0 Å². The summed E-state index contributed by atoms with van der Waals surface area (Å²) in [5.74, 6) is 0. The van der Waals surface area contributed by atoms with Crippen LogP contribution in [-0.2, 0) is 0 Å². The van der Waals surface area contributed by atoms with E-state index in [4.69, 9.17) is 23.1 Å². The number of benzene rings is 1. The molecule has 0 bridgehead atoms. The van der Waals surface area contributed by atoms with Crippen LogP contribution >= 0.6 is 11.6 Å². The van der Waals surface area contributed by atoms with Crippen LogP contribution in [0.2, 0.25) is 5.15 Å². The molecule has 0 saturated heterocycles. The summed E-state index contributed by atoms with van der Waals surface area (Å²) >= 11 is 6.04. The first-order valence-electron chi connectivity index (χ1n) is 5.75. The molecule has 0 amide bonds. The standard InChI is InChI=1S/C13H17ClN4/c1-13(2,16)7-17-11-8-5-3-4-6-9(8)18-12(14)10(11)15/h3-6H,7,15-16H2,1-2H3,(H,17,18). The number of nitrogen functional groups attached to an aromatic ring is 1. The topological polar surface area (TPSA) is 77.0 Å². The number of fused-ring (bicyclic) bond motifs is 1. The maximum absolute atomic E-state index is 6.04. The van der Waals surface area contributed by atoms with Crippen LogP contribution in [-0.4, -0.2) is 17.1 Å². The van der Waals surface area contributed by atoms with Crippen molar-refractivity contribution in [1.29, 1.82) is 0 Å². The summed E-state index contributed by atoms with van der Waals surface area (Å²) in [5.41, 5.74) is 13.7. The molecule has 2 rings (SSSR count). The molecule has 1 aromatic carbocycles. The Morgan fingerprint density at radius 3 is 2.67 bits per heavy atom. The minimum Gasteiger partial charge on any atom is -0.395 e. The summed E-state index contributed by atoms with van der Waals surface area (Å²) in [4.78, 5) is 4.25. The highest BCUT2D eigenvalue weighted by Gasteiger charge is 2.15. The van der Waals surface area contributed by atoms with Crippen molar-refractivity contribution in [3.05, 3.63) is 29.4 Å². The zero-order chi connectivity index (χ0) is 13.3. The number of nitrogens with one attached hydrogen (secondary N) is 1. The fourth-order valence-electron chi connectivity index (χ4n) is 1.70. The molecule has 0 aliphatic carbocycles. The molecular weight excluding hydrogens is 248 g/mol. The highest BCUT2D eigenvalue weighted by atomic mass is 35.5. The van der Waals surface area contributed by atoms with Gasteiger partial charge in [-0.3, -0.25) is 0 Å². The van der Waals surface area contributed by atoms with Gasteiger partial charge in [0, 0.05) is 17.5 Å². The van der Waals surface area contributed by atoms with Crippen LogP contribution < -0.4 is 16.8 Å². The van der Waals surface area contributed by atoms with Gasteiger partial charge in [0.25, 0.3) is 0 Å². The van der Waals surface area contributed by atoms with Crippen molar-refractivity contribution in [2.45, 2.75) is 19.4 Å². The summed E-state index contributed by atoms with van der Waals surface area (Å²) in [5, 5.41) is 4.52. The van der Waals surface area contributed by atoms with E-state index in [1.165, 1.54) is 0 Å². The molecule has 0 unspecified atom stereocenters. The van der Waals surface area contributed by atoms with Crippen molar-refractivity contribution >= 4 is 33.9 Å². The Morgan fingerprint density at radius 1 is 1.33 bits per heavy atom. The molecule has 96 valence electrons. The number of hydrogen-bond acceptors (Lipinski definition) is 4. The van der Waals surface area contributed by atoms with Crippen LogP contribution in [0.5, 0.6) is 0 Å². The first-order chi connectivity index (χ1) is 8.38. The van der Waals surface area contributed by atoms with Gasteiger partial charge in [-0.25, -0.2) is 4.98 Å². The molecule has 0 atom stereocenters. The number of hydrogen-bond donors (Lipinski definition) is 3. The molecule has 1 aromatic heterocycles. The summed E-state index contributed by atoms with van der Waals surface area (Å²) in [7, 11) is 0. The number of pyridine rings is 1. The lowest BCUT2D eigenvalue weighted by atomic mass is 10.1. The summed E-state index contributed by atoms with van der Waals surface area (Å²) in [6.45, 7) is 4.49. The van der Waals surface area contributed by atoms with Crippen LogP contribution in [0, 0.1) is 0 Å². The summed E-state index contributed by atoms with van der Waals surface area (Å²) in [6.07, 6.45) is 0. The monoisotopic (exact) mass is 264 g/mol. The van der Waals surface area contributed by atoms with E-state index < -0.39 is 0 Å². The first kappa shape index (κ1) is 12.9. The predicted molar refractivity (Wildman–Crippen MR) is 77.9 cm³/mol. The predicted octanol–water partition coefficient (Wildman–Crippen LogP) is 2.62. The quantitative estimate of drug-likeness (QED) is 0.745. The molecule has 0 aliphatic rings. The van der Waals surface area contributed by atoms with E-state index >= 15 is 0 Å². The van der Waals surface area contributed by atoms with Crippen LogP contribution in [0.1, 0.15) is 13.8 Å². The molecule has 0 saturated carbocycles. The normalized spacial score (nSPS) is 11.8. The molecule has 5 heteroatoms. The highest BCUT2D eigenvalue weighted by molar-refractivity contribution is 6.33. The second-order valence-corrected chi connectivity index (χ2v) is 5.41. The number of halogens is 1. The molecular formula is C13H17ClN4. The Labute approximate surface area is 111 Å². The molecule has 1 heterocycles. The van der Waals surface area contributed by atoms with Crippen molar-refractivity contribution in [3.63, 3.8) is 0 Å². The lowest BCUT2D eigenvalue weighted by molar-refractivity contribution is 0.550. The Morgan fingerprint density at radius 2 is 2.00 bits per heavy atom.